The number of carbonyl (C=O) groups is 1. The number of likely N-dealkylation sites (tertiary alicyclic amines) is 1. The van der Waals surface area contributed by atoms with Crippen molar-refractivity contribution in [2.45, 2.75) is 25.9 Å². The summed E-state index contributed by atoms with van der Waals surface area (Å²) in [5, 5.41) is 3.07. The fourth-order valence-electron chi connectivity index (χ4n) is 4.58. The van der Waals surface area contributed by atoms with Gasteiger partial charge in [0.05, 0.1) is 0 Å². The quantitative estimate of drug-likeness (QED) is 0.594. The second-order valence-electron chi connectivity index (χ2n) is 8.59. The lowest BCUT2D eigenvalue weighted by Gasteiger charge is -2.31. The molecule has 1 fully saturated rings. The van der Waals surface area contributed by atoms with Gasteiger partial charge in [-0.3, -0.25) is 9.69 Å². The van der Waals surface area contributed by atoms with Gasteiger partial charge in [0, 0.05) is 24.6 Å². The van der Waals surface area contributed by atoms with Gasteiger partial charge in [0.15, 0.2) is 11.5 Å². The Morgan fingerprint density at radius 2 is 1.67 bits per heavy atom. The highest BCUT2D eigenvalue weighted by molar-refractivity contribution is 5.78. The van der Waals surface area contributed by atoms with Gasteiger partial charge in [-0.25, -0.2) is 4.39 Å². The molecular weight excluding hydrogens is 419 g/mol. The minimum atomic E-state index is -0.206. The Bertz CT molecular complexity index is 1140. The molecular formula is C27H27FN2O3. The van der Waals surface area contributed by atoms with Crippen molar-refractivity contribution < 1.29 is 18.7 Å². The molecule has 1 saturated heterocycles. The number of nitrogens with zero attached hydrogens (tertiary/aromatic N) is 1. The van der Waals surface area contributed by atoms with Crippen molar-refractivity contribution in [3.05, 3.63) is 83.7 Å². The van der Waals surface area contributed by atoms with Crippen LogP contribution in [-0.2, 0) is 17.9 Å². The molecule has 33 heavy (non-hydrogen) atoms. The summed E-state index contributed by atoms with van der Waals surface area (Å²) in [7, 11) is 0. The zero-order valence-corrected chi connectivity index (χ0v) is 18.4. The van der Waals surface area contributed by atoms with Crippen LogP contribution in [0.1, 0.15) is 24.0 Å². The normalized spacial score (nSPS) is 16.0. The molecule has 2 heterocycles. The molecule has 0 aliphatic carbocycles. The summed E-state index contributed by atoms with van der Waals surface area (Å²) < 4.78 is 25.1. The van der Waals surface area contributed by atoms with Crippen LogP contribution < -0.4 is 14.8 Å². The van der Waals surface area contributed by atoms with E-state index in [1.807, 2.05) is 48.5 Å². The Balaban J connectivity index is 1.15. The first-order valence-electron chi connectivity index (χ1n) is 11.4. The number of benzene rings is 3. The van der Waals surface area contributed by atoms with Gasteiger partial charge >= 0.3 is 0 Å². The van der Waals surface area contributed by atoms with Gasteiger partial charge < -0.3 is 14.8 Å². The standard InChI is InChI=1S/C27H27FN2O3/c28-24-8-4-3-7-23(24)22-6-2-1-5-21(22)17-30-13-11-20(12-14-30)27(31)29-16-19-9-10-25-26(15-19)33-18-32-25/h1-10,15,20H,11-14,16-18H2,(H,29,31). The first kappa shape index (κ1) is 21.5. The van der Waals surface area contributed by atoms with Gasteiger partial charge in [-0.05, 0) is 60.8 Å². The zero-order valence-electron chi connectivity index (χ0n) is 18.4. The molecule has 0 unspecified atom stereocenters. The van der Waals surface area contributed by atoms with Crippen molar-refractivity contribution in [3.63, 3.8) is 0 Å². The number of hydrogen-bond donors (Lipinski definition) is 1. The van der Waals surface area contributed by atoms with Crippen molar-refractivity contribution in [1.29, 1.82) is 0 Å². The SMILES string of the molecule is O=C(NCc1ccc2c(c1)OCO2)C1CCN(Cc2ccccc2-c2ccccc2F)CC1. The largest absolute Gasteiger partial charge is 0.454 e. The molecule has 0 aromatic heterocycles. The van der Waals surface area contributed by atoms with E-state index in [4.69, 9.17) is 9.47 Å². The number of amides is 1. The number of nitrogens with one attached hydrogen (secondary N) is 1. The van der Waals surface area contributed by atoms with E-state index in [1.54, 1.807) is 6.07 Å². The Labute approximate surface area is 193 Å². The molecule has 0 radical (unpaired) electrons. The zero-order chi connectivity index (χ0) is 22.6. The number of hydrogen-bond acceptors (Lipinski definition) is 4. The fraction of sp³-hybridized carbons (Fsp3) is 0.296. The van der Waals surface area contributed by atoms with Gasteiger partial charge in [0.1, 0.15) is 5.82 Å². The maximum atomic E-state index is 14.4. The monoisotopic (exact) mass is 446 g/mol. The lowest BCUT2D eigenvalue weighted by Crippen LogP contribution is -2.40. The highest BCUT2D eigenvalue weighted by Crippen LogP contribution is 2.32. The molecule has 170 valence electrons. The van der Waals surface area contributed by atoms with Crippen LogP contribution in [0.15, 0.2) is 66.7 Å². The average Bonchev–Trinajstić information content (AvgIpc) is 3.32. The highest BCUT2D eigenvalue weighted by atomic mass is 19.1. The minimum Gasteiger partial charge on any atom is -0.454 e. The summed E-state index contributed by atoms with van der Waals surface area (Å²) in [6.07, 6.45) is 1.63. The lowest BCUT2D eigenvalue weighted by atomic mass is 9.94. The van der Waals surface area contributed by atoms with E-state index in [2.05, 4.69) is 16.3 Å². The van der Waals surface area contributed by atoms with Crippen molar-refractivity contribution in [1.82, 2.24) is 10.2 Å². The lowest BCUT2D eigenvalue weighted by molar-refractivity contribution is -0.126. The van der Waals surface area contributed by atoms with E-state index in [1.165, 1.54) is 6.07 Å². The van der Waals surface area contributed by atoms with Crippen molar-refractivity contribution in [2.24, 2.45) is 5.92 Å². The van der Waals surface area contributed by atoms with E-state index in [-0.39, 0.29) is 24.4 Å². The van der Waals surface area contributed by atoms with E-state index >= 15 is 0 Å². The van der Waals surface area contributed by atoms with Crippen LogP contribution in [0.25, 0.3) is 11.1 Å². The molecule has 0 atom stereocenters. The summed E-state index contributed by atoms with van der Waals surface area (Å²) in [5.74, 6) is 1.37. The molecule has 5 rings (SSSR count). The summed E-state index contributed by atoms with van der Waals surface area (Å²) in [4.78, 5) is 15.1. The molecule has 0 spiro atoms. The second-order valence-corrected chi connectivity index (χ2v) is 8.59. The number of halogens is 1. The minimum absolute atomic E-state index is 0.0112. The van der Waals surface area contributed by atoms with Crippen LogP contribution in [-0.4, -0.2) is 30.7 Å². The highest BCUT2D eigenvalue weighted by Gasteiger charge is 2.25. The van der Waals surface area contributed by atoms with Gasteiger partial charge in [-0.15, -0.1) is 0 Å². The second kappa shape index (κ2) is 9.63. The van der Waals surface area contributed by atoms with E-state index in [0.717, 1.165) is 60.7 Å². The average molecular weight is 447 g/mol. The third kappa shape index (κ3) is 4.86. The molecule has 3 aromatic carbocycles. The first-order valence-corrected chi connectivity index (χ1v) is 11.4. The predicted octanol–water partition coefficient (Wildman–Crippen LogP) is 4.75. The Morgan fingerprint density at radius 1 is 0.939 bits per heavy atom. The van der Waals surface area contributed by atoms with Crippen LogP contribution in [0.3, 0.4) is 0 Å². The molecule has 1 amide bonds. The Morgan fingerprint density at radius 3 is 2.48 bits per heavy atom. The van der Waals surface area contributed by atoms with Gasteiger partial charge in [0.2, 0.25) is 12.7 Å². The third-order valence-corrected chi connectivity index (χ3v) is 6.44. The Hall–Kier alpha value is -3.38. The summed E-state index contributed by atoms with van der Waals surface area (Å²) in [6.45, 7) is 3.15. The van der Waals surface area contributed by atoms with Gasteiger partial charge in [-0.2, -0.15) is 0 Å². The molecule has 5 nitrogen and oxygen atoms in total. The number of fused-ring (bicyclic) bond motifs is 1. The molecule has 1 N–H and O–H groups in total. The summed E-state index contributed by atoms with van der Waals surface area (Å²) in [5.41, 5.74) is 3.66. The van der Waals surface area contributed by atoms with Crippen molar-refractivity contribution >= 4 is 5.91 Å². The van der Waals surface area contributed by atoms with Crippen LogP contribution in [0.5, 0.6) is 11.5 Å². The van der Waals surface area contributed by atoms with Crippen LogP contribution in [0, 0.1) is 11.7 Å². The van der Waals surface area contributed by atoms with E-state index in [0.29, 0.717) is 12.1 Å². The van der Waals surface area contributed by atoms with Gasteiger partial charge in [-0.1, -0.05) is 48.5 Å². The van der Waals surface area contributed by atoms with Crippen molar-refractivity contribution in [2.75, 3.05) is 19.9 Å². The maximum absolute atomic E-state index is 14.4. The van der Waals surface area contributed by atoms with Gasteiger partial charge in [0.25, 0.3) is 0 Å². The Kier molecular flexibility index (Phi) is 6.26. The number of ether oxygens (including phenoxy) is 2. The smallest absolute Gasteiger partial charge is 0.231 e. The molecule has 3 aromatic rings. The molecule has 2 aliphatic rings. The predicted molar refractivity (Wildman–Crippen MR) is 124 cm³/mol. The number of rotatable bonds is 6. The topological polar surface area (TPSA) is 50.8 Å². The molecule has 0 bridgehead atoms. The summed E-state index contributed by atoms with van der Waals surface area (Å²) >= 11 is 0. The fourth-order valence-corrected chi connectivity index (χ4v) is 4.58. The summed E-state index contributed by atoms with van der Waals surface area (Å²) in [6, 6.07) is 20.6. The van der Waals surface area contributed by atoms with Crippen LogP contribution in [0.4, 0.5) is 4.39 Å². The third-order valence-electron chi connectivity index (χ3n) is 6.44. The number of carbonyl (C=O) groups excluding carboxylic acids is 1. The molecule has 0 saturated carbocycles. The van der Waals surface area contributed by atoms with Crippen LogP contribution in [0.2, 0.25) is 0 Å². The van der Waals surface area contributed by atoms with Crippen molar-refractivity contribution in [3.8, 4) is 22.6 Å². The molecule has 6 heteroatoms. The van der Waals surface area contributed by atoms with E-state index < -0.39 is 0 Å². The van der Waals surface area contributed by atoms with E-state index in [9.17, 15) is 9.18 Å². The number of piperidine rings is 1. The maximum Gasteiger partial charge on any atom is 0.231 e. The molecule has 2 aliphatic heterocycles. The first-order chi connectivity index (χ1) is 16.2. The van der Waals surface area contributed by atoms with Crippen LogP contribution >= 0.6 is 0 Å².